The van der Waals surface area contributed by atoms with Crippen LogP contribution in [0.4, 0.5) is 13.2 Å². The maximum Gasteiger partial charge on any atom is 0.389 e. The first kappa shape index (κ1) is 16.3. The lowest BCUT2D eigenvalue weighted by Crippen LogP contribution is -2.48. The van der Waals surface area contributed by atoms with Crippen LogP contribution in [-0.2, 0) is 4.79 Å². The minimum absolute atomic E-state index is 0.0689. The van der Waals surface area contributed by atoms with Gasteiger partial charge in [-0.1, -0.05) is 13.3 Å². The van der Waals surface area contributed by atoms with Crippen molar-refractivity contribution in [2.45, 2.75) is 57.7 Å². The van der Waals surface area contributed by atoms with Crippen LogP contribution in [-0.4, -0.2) is 31.2 Å². The summed E-state index contributed by atoms with van der Waals surface area (Å²) in [6.07, 6.45) is -1.45. The highest BCUT2D eigenvalue weighted by atomic mass is 19.4. The van der Waals surface area contributed by atoms with Crippen LogP contribution in [0, 0.1) is 5.92 Å². The molecule has 0 saturated carbocycles. The van der Waals surface area contributed by atoms with Gasteiger partial charge in [0.05, 0.1) is 6.04 Å². The second-order valence-electron chi connectivity index (χ2n) is 5.17. The number of alkyl halides is 3. The standard InChI is InChI=1S/C13H23F3N2O/c1-2-10-5-8-17-11(9-10)12(19)18-7-4-3-6-13(14,15)16/h10-11,17H,2-9H2,1H3,(H,18,19). The Morgan fingerprint density at radius 3 is 2.74 bits per heavy atom. The summed E-state index contributed by atoms with van der Waals surface area (Å²) in [5, 5.41) is 5.87. The zero-order valence-corrected chi connectivity index (χ0v) is 11.4. The van der Waals surface area contributed by atoms with Gasteiger partial charge in [-0.15, -0.1) is 0 Å². The molecule has 6 heteroatoms. The number of piperidine rings is 1. The first-order chi connectivity index (χ1) is 8.92. The Bertz CT molecular complexity index is 282. The molecule has 19 heavy (non-hydrogen) atoms. The molecule has 0 aromatic carbocycles. The molecule has 0 aliphatic carbocycles. The molecule has 1 aliphatic rings. The van der Waals surface area contributed by atoms with E-state index in [0.717, 1.165) is 25.8 Å². The number of carbonyl (C=O) groups excluding carboxylic acids is 1. The fourth-order valence-electron chi connectivity index (χ4n) is 2.35. The van der Waals surface area contributed by atoms with Crippen LogP contribution in [0.2, 0.25) is 0 Å². The van der Waals surface area contributed by atoms with Crippen molar-refractivity contribution < 1.29 is 18.0 Å². The molecular formula is C13H23F3N2O. The van der Waals surface area contributed by atoms with Gasteiger partial charge in [-0.2, -0.15) is 13.2 Å². The maximum absolute atomic E-state index is 11.9. The van der Waals surface area contributed by atoms with Crippen LogP contribution < -0.4 is 10.6 Å². The van der Waals surface area contributed by atoms with E-state index in [0.29, 0.717) is 18.9 Å². The lowest BCUT2D eigenvalue weighted by Gasteiger charge is -2.28. The summed E-state index contributed by atoms with van der Waals surface area (Å²) in [7, 11) is 0. The van der Waals surface area contributed by atoms with Crippen LogP contribution >= 0.6 is 0 Å². The van der Waals surface area contributed by atoms with E-state index in [1.165, 1.54) is 0 Å². The molecule has 0 radical (unpaired) electrons. The Morgan fingerprint density at radius 2 is 2.11 bits per heavy atom. The molecule has 0 bridgehead atoms. The lowest BCUT2D eigenvalue weighted by atomic mass is 9.90. The summed E-state index contributed by atoms with van der Waals surface area (Å²) in [4.78, 5) is 11.8. The van der Waals surface area contributed by atoms with E-state index in [9.17, 15) is 18.0 Å². The molecule has 1 fully saturated rings. The Morgan fingerprint density at radius 1 is 1.37 bits per heavy atom. The van der Waals surface area contributed by atoms with Gasteiger partial charge in [0.2, 0.25) is 5.91 Å². The molecular weight excluding hydrogens is 257 g/mol. The summed E-state index contributed by atoms with van der Waals surface area (Å²) < 4.78 is 35.8. The molecule has 2 unspecified atom stereocenters. The van der Waals surface area contributed by atoms with Gasteiger partial charge in [-0.3, -0.25) is 4.79 Å². The zero-order valence-electron chi connectivity index (χ0n) is 11.4. The third-order valence-corrected chi connectivity index (χ3v) is 3.59. The summed E-state index contributed by atoms with van der Waals surface area (Å²) in [6.45, 7) is 3.27. The van der Waals surface area contributed by atoms with Gasteiger partial charge in [-0.05, 0) is 38.1 Å². The van der Waals surface area contributed by atoms with Crippen LogP contribution in [0.5, 0.6) is 0 Å². The molecule has 2 atom stereocenters. The van der Waals surface area contributed by atoms with E-state index in [1.807, 2.05) is 0 Å². The predicted molar refractivity (Wildman–Crippen MR) is 67.7 cm³/mol. The number of unbranched alkanes of at least 4 members (excludes halogenated alkanes) is 1. The minimum atomic E-state index is -4.09. The van der Waals surface area contributed by atoms with E-state index in [-0.39, 0.29) is 18.4 Å². The van der Waals surface area contributed by atoms with E-state index in [2.05, 4.69) is 17.6 Å². The minimum Gasteiger partial charge on any atom is -0.355 e. The van der Waals surface area contributed by atoms with Crippen LogP contribution in [0.3, 0.4) is 0 Å². The lowest BCUT2D eigenvalue weighted by molar-refractivity contribution is -0.135. The largest absolute Gasteiger partial charge is 0.389 e. The molecule has 1 heterocycles. The molecule has 1 rings (SSSR count). The molecule has 1 saturated heterocycles. The molecule has 0 aromatic rings. The van der Waals surface area contributed by atoms with Crippen molar-refractivity contribution in [3.05, 3.63) is 0 Å². The quantitative estimate of drug-likeness (QED) is 0.734. The molecule has 112 valence electrons. The highest BCUT2D eigenvalue weighted by molar-refractivity contribution is 5.81. The number of amides is 1. The molecule has 0 spiro atoms. The Balaban J connectivity index is 2.13. The van der Waals surface area contributed by atoms with Gasteiger partial charge in [0.15, 0.2) is 0 Å². The molecule has 0 aromatic heterocycles. The number of nitrogens with one attached hydrogen (secondary N) is 2. The van der Waals surface area contributed by atoms with E-state index in [4.69, 9.17) is 0 Å². The summed E-state index contributed by atoms with van der Waals surface area (Å²) in [5.74, 6) is 0.493. The first-order valence-electron chi connectivity index (χ1n) is 7.00. The van der Waals surface area contributed by atoms with Crippen molar-refractivity contribution >= 4 is 5.91 Å². The summed E-state index contributed by atoms with van der Waals surface area (Å²) in [6, 6.07) is -0.179. The first-order valence-corrected chi connectivity index (χ1v) is 7.00. The fraction of sp³-hybridized carbons (Fsp3) is 0.923. The number of rotatable bonds is 6. The van der Waals surface area contributed by atoms with Crippen molar-refractivity contribution in [2.24, 2.45) is 5.92 Å². The van der Waals surface area contributed by atoms with E-state index >= 15 is 0 Å². The maximum atomic E-state index is 11.9. The average molecular weight is 280 g/mol. The van der Waals surface area contributed by atoms with Crippen molar-refractivity contribution in [2.75, 3.05) is 13.1 Å². The van der Waals surface area contributed by atoms with Gasteiger partial charge >= 0.3 is 6.18 Å². The van der Waals surface area contributed by atoms with Crippen molar-refractivity contribution in [3.8, 4) is 0 Å². The highest BCUT2D eigenvalue weighted by Gasteiger charge is 2.27. The van der Waals surface area contributed by atoms with Gasteiger partial charge in [0.1, 0.15) is 0 Å². The number of carbonyl (C=O) groups is 1. The second-order valence-corrected chi connectivity index (χ2v) is 5.17. The highest BCUT2D eigenvalue weighted by Crippen LogP contribution is 2.22. The topological polar surface area (TPSA) is 41.1 Å². The van der Waals surface area contributed by atoms with Gasteiger partial charge in [0.25, 0.3) is 0 Å². The number of halogens is 3. The van der Waals surface area contributed by atoms with Crippen molar-refractivity contribution in [1.29, 1.82) is 0 Å². The van der Waals surface area contributed by atoms with Gasteiger partial charge < -0.3 is 10.6 Å². The molecule has 2 N–H and O–H groups in total. The predicted octanol–water partition coefficient (Wildman–Crippen LogP) is 2.61. The molecule has 1 aliphatic heterocycles. The average Bonchev–Trinajstić information content (AvgIpc) is 2.37. The van der Waals surface area contributed by atoms with E-state index < -0.39 is 12.6 Å². The monoisotopic (exact) mass is 280 g/mol. The fourth-order valence-corrected chi connectivity index (χ4v) is 2.35. The van der Waals surface area contributed by atoms with Gasteiger partial charge in [-0.25, -0.2) is 0 Å². The van der Waals surface area contributed by atoms with Gasteiger partial charge in [0, 0.05) is 13.0 Å². The Kier molecular flexibility index (Phi) is 6.62. The SMILES string of the molecule is CCC1CCNC(C(=O)NCCCCC(F)(F)F)C1. The van der Waals surface area contributed by atoms with Crippen LogP contribution in [0.1, 0.15) is 45.4 Å². The zero-order chi connectivity index (χ0) is 14.3. The van der Waals surface area contributed by atoms with Crippen molar-refractivity contribution in [3.63, 3.8) is 0 Å². The van der Waals surface area contributed by atoms with Crippen LogP contribution in [0.15, 0.2) is 0 Å². The van der Waals surface area contributed by atoms with E-state index in [1.54, 1.807) is 0 Å². The molecule has 1 amide bonds. The Labute approximate surface area is 112 Å². The normalized spacial score (nSPS) is 24.2. The smallest absolute Gasteiger partial charge is 0.355 e. The number of hydrogen-bond acceptors (Lipinski definition) is 2. The second kappa shape index (κ2) is 7.72. The van der Waals surface area contributed by atoms with Crippen molar-refractivity contribution in [1.82, 2.24) is 10.6 Å². The summed E-state index contributed by atoms with van der Waals surface area (Å²) in [5.41, 5.74) is 0. The number of hydrogen-bond donors (Lipinski definition) is 2. The van der Waals surface area contributed by atoms with Crippen LogP contribution in [0.25, 0.3) is 0 Å². The molecule has 3 nitrogen and oxygen atoms in total. The third-order valence-electron chi connectivity index (χ3n) is 3.59. The third kappa shape index (κ3) is 6.80. The Hall–Kier alpha value is -0.780. The summed E-state index contributed by atoms with van der Waals surface area (Å²) >= 11 is 0.